The van der Waals surface area contributed by atoms with E-state index in [4.69, 9.17) is 11.6 Å². The molecule has 0 spiro atoms. The second kappa shape index (κ2) is 6.89. The van der Waals surface area contributed by atoms with Gasteiger partial charge in [0.05, 0.1) is 16.5 Å². The summed E-state index contributed by atoms with van der Waals surface area (Å²) in [4.78, 5) is 0.287. The number of piperidine rings is 1. The van der Waals surface area contributed by atoms with Gasteiger partial charge in [-0.1, -0.05) is 28.9 Å². The first-order chi connectivity index (χ1) is 12.9. The summed E-state index contributed by atoms with van der Waals surface area (Å²) in [5, 5.41) is 9.00. The van der Waals surface area contributed by atoms with Crippen LogP contribution < -0.4 is 0 Å². The quantitative estimate of drug-likeness (QED) is 0.667. The average molecular weight is 405 g/mol. The van der Waals surface area contributed by atoms with Crippen molar-refractivity contribution >= 4 is 32.7 Å². The first-order valence-electron chi connectivity index (χ1n) is 8.94. The van der Waals surface area contributed by atoms with E-state index in [2.05, 4.69) is 10.3 Å². The van der Waals surface area contributed by atoms with E-state index in [0.29, 0.717) is 36.5 Å². The normalized spacial score (nSPS) is 16.9. The monoisotopic (exact) mass is 404 g/mol. The highest BCUT2D eigenvalue weighted by Crippen LogP contribution is 2.30. The molecular weight excluding hydrogens is 384 g/mol. The predicted molar refractivity (Wildman–Crippen MR) is 105 cm³/mol. The van der Waals surface area contributed by atoms with Crippen LogP contribution in [-0.2, 0) is 10.0 Å². The lowest BCUT2D eigenvalue weighted by Crippen LogP contribution is -2.39. The number of hydrogen-bond donors (Lipinski definition) is 0. The number of nitrogens with zero attached hydrogens (tertiary/aromatic N) is 4. The Balaban J connectivity index is 1.55. The SMILES string of the molecule is Cc1ccc2c(c1)nnn2C1CCN(S(=O)(=O)c2cc(Cl)ccc2C)CC1. The zero-order valence-corrected chi connectivity index (χ0v) is 16.8. The summed E-state index contributed by atoms with van der Waals surface area (Å²) in [5.74, 6) is 0. The molecule has 1 aromatic heterocycles. The molecule has 2 heterocycles. The molecule has 8 heteroatoms. The van der Waals surface area contributed by atoms with Crippen LogP contribution in [0.4, 0.5) is 0 Å². The molecule has 1 fully saturated rings. The van der Waals surface area contributed by atoms with Crippen LogP contribution in [-0.4, -0.2) is 40.8 Å². The van der Waals surface area contributed by atoms with E-state index in [9.17, 15) is 8.42 Å². The van der Waals surface area contributed by atoms with Crippen LogP contribution in [0.15, 0.2) is 41.3 Å². The number of halogens is 1. The lowest BCUT2D eigenvalue weighted by atomic mass is 10.1. The Hall–Kier alpha value is -1.96. The number of sulfonamides is 1. The lowest BCUT2D eigenvalue weighted by molar-refractivity contribution is 0.262. The van der Waals surface area contributed by atoms with Crippen molar-refractivity contribution in [2.75, 3.05) is 13.1 Å². The van der Waals surface area contributed by atoms with Crippen molar-refractivity contribution in [1.82, 2.24) is 19.3 Å². The second-order valence-electron chi connectivity index (χ2n) is 7.07. The van der Waals surface area contributed by atoms with Crippen molar-refractivity contribution in [3.05, 3.63) is 52.5 Å². The summed E-state index contributed by atoms with van der Waals surface area (Å²) < 4.78 is 29.6. The topological polar surface area (TPSA) is 68.1 Å². The van der Waals surface area contributed by atoms with E-state index < -0.39 is 10.0 Å². The van der Waals surface area contributed by atoms with Crippen LogP contribution in [0.3, 0.4) is 0 Å². The standard InChI is InChI=1S/C19H21ClN4O2S/c1-13-3-6-18-17(11-13)21-22-24(18)16-7-9-23(10-8-16)27(25,26)19-12-15(20)5-4-14(19)2/h3-6,11-12,16H,7-10H2,1-2H3. The van der Waals surface area contributed by atoms with Crippen molar-refractivity contribution in [3.8, 4) is 0 Å². The van der Waals surface area contributed by atoms with Gasteiger partial charge >= 0.3 is 0 Å². The van der Waals surface area contributed by atoms with Gasteiger partial charge in [0.15, 0.2) is 0 Å². The molecule has 1 saturated heterocycles. The smallest absolute Gasteiger partial charge is 0.242 e. The Morgan fingerprint density at radius 2 is 1.81 bits per heavy atom. The molecule has 0 radical (unpaired) electrons. The number of hydrogen-bond acceptors (Lipinski definition) is 4. The average Bonchev–Trinajstić information content (AvgIpc) is 3.06. The van der Waals surface area contributed by atoms with Crippen LogP contribution in [0.5, 0.6) is 0 Å². The Labute approximate surface area is 163 Å². The van der Waals surface area contributed by atoms with Crippen molar-refractivity contribution in [3.63, 3.8) is 0 Å². The van der Waals surface area contributed by atoms with Gasteiger partial charge in [0.2, 0.25) is 10.0 Å². The largest absolute Gasteiger partial charge is 0.243 e. The summed E-state index contributed by atoms with van der Waals surface area (Å²) in [7, 11) is -3.55. The maximum Gasteiger partial charge on any atom is 0.243 e. The van der Waals surface area contributed by atoms with Gasteiger partial charge in [0, 0.05) is 18.1 Å². The second-order valence-corrected chi connectivity index (χ2v) is 9.41. The minimum atomic E-state index is -3.55. The van der Waals surface area contributed by atoms with E-state index in [0.717, 1.165) is 16.6 Å². The molecule has 27 heavy (non-hydrogen) atoms. The van der Waals surface area contributed by atoms with Crippen LogP contribution >= 0.6 is 11.6 Å². The molecule has 1 aliphatic heterocycles. The molecule has 0 amide bonds. The summed E-state index contributed by atoms with van der Waals surface area (Å²) in [5.41, 5.74) is 3.72. The van der Waals surface area contributed by atoms with Crippen molar-refractivity contribution in [2.45, 2.75) is 37.6 Å². The van der Waals surface area contributed by atoms with Gasteiger partial charge in [-0.3, -0.25) is 0 Å². The lowest BCUT2D eigenvalue weighted by Gasteiger charge is -2.31. The van der Waals surface area contributed by atoms with E-state index >= 15 is 0 Å². The Morgan fingerprint density at radius 1 is 1.07 bits per heavy atom. The minimum Gasteiger partial charge on any atom is -0.242 e. The maximum atomic E-state index is 13.0. The minimum absolute atomic E-state index is 0.143. The number of benzene rings is 2. The van der Waals surface area contributed by atoms with Gasteiger partial charge < -0.3 is 0 Å². The molecule has 4 rings (SSSR count). The van der Waals surface area contributed by atoms with Crippen LogP contribution in [0.25, 0.3) is 11.0 Å². The molecule has 142 valence electrons. The molecule has 3 aromatic rings. The molecule has 0 aliphatic carbocycles. The zero-order valence-electron chi connectivity index (χ0n) is 15.3. The van der Waals surface area contributed by atoms with Crippen molar-refractivity contribution in [2.24, 2.45) is 0 Å². The van der Waals surface area contributed by atoms with Gasteiger partial charge in [0.1, 0.15) is 5.52 Å². The molecule has 1 aliphatic rings. The predicted octanol–water partition coefficient (Wildman–Crippen LogP) is 3.73. The van der Waals surface area contributed by atoms with Gasteiger partial charge in [-0.25, -0.2) is 13.1 Å². The molecule has 2 aromatic carbocycles. The van der Waals surface area contributed by atoms with Gasteiger partial charge in [-0.05, 0) is 62.1 Å². The number of aryl methyl sites for hydroxylation is 2. The summed E-state index contributed by atoms with van der Waals surface area (Å²) in [6, 6.07) is 11.2. The molecule has 0 bridgehead atoms. The molecule has 6 nitrogen and oxygen atoms in total. The van der Waals surface area contributed by atoms with Crippen LogP contribution in [0.1, 0.15) is 30.0 Å². The van der Waals surface area contributed by atoms with E-state index in [1.54, 1.807) is 23.4 Å². The highest BCUT2D eigenvalue weighted by molar-refractivity contribution is 7.89. The third-order valence-corrected chi connectivity index (χ3v) is 7.44. The van der Waals surface area contributed by atoms with Crippen molar-refractivity contribution < 1.29 is 8.42 Å². The van der Waals surface area contributed by atoms with Gasteiger partial charge in [0.25, 0.3) is 0 Å². The zero-order chi connectivity index (χ0) is 19.2. The first kappa shape index (κ1) is 18.4. The third-order valence-electron chi connectivity index (χ3n) is 5.16. The van der Waals surface area contributed by atoms with Crippen LogP contribution in [0, 0.1) is 13.8 Å². The Kier molecular flexibility index (Phi) is 4.70. The highest BCUT2D eigenvalue weighted by atomic mass is 35.5. The fourth-order valence-corrected chi connectivity index (χ4v) is 5.60. The molecule has 0 unspecified atom stereocenters. The maximum absolute atomic E-state index is 13.0. The molecule has 0 saturated carbocycles. The fraction of sp³-hybridized carbons (Fsp3) is 0.368. The molecule has 0 atom stereocenters. The molecule has 0 N–H and O–H groups in total. The van der Waals surface area contributed by atoms with Gasteiger partial charge in [-0.2, -0.15) is 4.31 Å². The third kappa shape index (κ3) is 3.35. The summed E-state index contributed by atoms with van der Waals surface area (Å²) >= 11 is 6.02. The van der Waals surface area contributed by atoms with E-state index in [-0.39, 0.29) is 10.9 Å². The summed E-state index contributed by atoms with van der Waals surface area (Å²) in [6.07, 6.45) is 1.40. The number of fused-ring (bicyclic) bond motifs is 1. The Morgan fingerprint density at radius 3 is 2.56 bits per heavy atom. The van der Waals surface area contributed by atoms with E-state index in [1.807, 2.05) is 29.8 Å². The Bertz CT molecular complexity index is 1100. The van der Waals surface area contributed by atoms with Gasteiger partial charge in [-0.15, -0.1) is 5.10 Å². The van der Waals surface area contributed by atoms with Crippen molar-refractivity contribution in [1.29, 1.82) is 0 Å². The van der Waals surface area contributed by atoms with E-state index in [1.165, 1.54) is 6.07 Å². The van der Waals surface area contributed by atoms with Crippen LogP contribution in [0.2, 0.25) is 5.02 Å². The number of rotatable bonds is 3. The highest BCUT2D eigenvalue weighted by Gasteiger charge is 2.32. The first-order valence-corrected chi connectivity index (χ1v) is 10.8. The number of aromatic nitrogens is 3. The fourth-order valence-electron chi connectivity index (χ4n) is 3.64. The molecular formula is C19H21ClN4O2S. The summed E-state index contributed by atoms with van der Waals surface area (Å²) in [6.45, 7) is 4.72.